The van der Waals surface area contributed by atoms with Crippen molar-refractivity contribution in [3.05, 3.63) is 11.1 Å². The quantitative estimate of drug-likeness (QED) is 0.749. The summed E-state index contributed by atoms with van der Waals surface area (Å²) in [5.74, 6) is 0.595. The summed E-state index contributed by atoms with van der Waals surface area (Å²) < 4.78 is 0. The molecular weight excluding hydrogens is 196 g/mol. The number of thiazole rings is 1. The van der Waals surface area contributed by atoms with Gasteiger partial charge in [0.2, 0.25) is 0 Å². The van der Waals surface area contributed by atoms with E-state index in [1.165, 1.54) is 17.8 Å². The highest BCUT2D eigenvalue weighted by molar-refractivity contribution is 7.15. The maximum atomic E-state index is 10.4. The lowest BCUT2D eigenvalue weighted by Crippen LogP contribution is -2.30. The average Bonchev–Trinajstić information content (AvgIpc) is 2.52. The van der Waals surface area contributed by atoms with Crippen LogP contribution >= 0.6 is 11.3 Å². The van der Waals surface area contributed by atoms with Gasteiger partial charge < -0.3 is 10.8 Å². The Kier molecular flexibility index (Phi) is 2.49. The van der Waals surface area contributed by atoms with E-state index in [1.54, 1.807) is 6.20 Å². The fourth-order valence-electron chi connectivity index (χ4n) is 2.25. The standard InChI is InChI=1S/C10H16N2OS/c1-7-3-2-4-10(13,5-7)8-6-12-9(11)14-8/h6-7,13H,2-5H2,1H3,(H2,11,12). The van der Waals surface area contributed by atoms with Crippen LogP contribution in [0.3, 0.4) is 0 Å². The lowest BCUT2D eigenvalue weighted by Gasteiger charge is -2.34. The summed E-state index contributed by atoms with van der Waals surface area (Å²) in [4.78, 5) is 4.93. The molecule has 2 atom stereocenters. The molecule has 3 nitrogen and oxygen atoms in total. The van der Waals surface area contributed by atoms with E-state index in [0.717, 1.165) is 24.1 Å². The van der Waals surface area contributed by atoms with Crippen LogP contribution in [0, 0.1) is 5.92 Å². The van der Waals surface area contributed by atoms with Crippen LogP contribution in [0.2, 0.25) is 0 Å². The minimum atomic E-state index is -0.660. The number of nitrogens with two attached hydrogens (primary N) is 1. The Morgan fingerprint density at radius 1 is 1.71 bits per heavy atom. The first-order chi connectivity index (χ1) is 6.60. The zero-order chi connectivity index (χ0) is 10.2. The molecule has 1 aliphatic rings. The fraction of sp³-hybridized carbons (Fsp3) is 0.700. The van der Waals surface area contributed by atoms with Crippen molar-refractivity contribution in [2.75, 3.05) is 5.73 Å². The minimum absolute atomic E-state index is 0.548. The Morgan fingerprint density at radius 3 is 3.07 bits per heavy atom. The van der Waals surface area contributed by atoms with Gasteiger partial charge in [-0.05, 0) is 25.2 Å². The van der Waals surface area contributed by atoms with Crippen molar-refractivity contribution in [3.63, 3.8) is 0 Å². The van der Waals surface area contributed by atoms with Crippen LogP contribution in [-0.4, -0.2) is 10.1 Å². The molecule has 4 heteroatoms. The van der Waals surface area contributed by atoms with E-state index in [1.807, 2.05) is 0 Å². The molecule has 0 aliphatic heterocycles. The van der Waals surface area contributed by atoms with Gasteiger partial charge in [-0.15, -0.1) is 0 Å². The molecule has 2 rings (SSSR count). The zero-order valence-corrected chi connectivity index (χ0v) is 9.18. The van der Waals surface area contributed by atoms with Gasteiger partial charge in [-0.3, -0.25) is 0 Å². The maximum absolute atomic E-state index is 10.4. The van der Waals surface area contributed by atoms with Crippen molar-refractivity contribution >= 4 is 16.5 Å². The molecule has 2 unspecified atom stereocenters. The van der Waals surface area contributed by atoms with Crippen molar-refractivity contribution in [2.45, 2.75) is 38.2 Å². The zero-order valence-electron chi connectivity index (χ0n) is 8.36. The van der Waals surface area contributed by atoms with E-state index in [4.69, 9.17) is 5.73 Å². The lowest BCUT2D eigenvalue weighted by atomic mass is 9.78. The molecule has 1 aromatic heterocycles. The monoisotopic (exact) mass is 212 g/mol. The molecular formula is C10H16N2OS. The number of nitrogen functional groups attached to an aromatic ring is 1. The largest absolute Gasteiger partial charge is 0.384 e. The van der Waals surface area contributed by atoms with Gasteiger partial charge in [0.05, 0.1) is 4.88 Å². The van der Waals surface area contributed by atoms with E-state index in [-0.39, 0.29) is 0 Å². The van der Waals surface area contributed by atoms with Crippen LogP contribution < -0.4 is 5.73 Å². The number of nitrogens with zero attached hydrogens (tertiary/aromatic N) is 1. The summed E-state index contributed by atoms with van der Waals surface area (Å²) in [6, 6.07) is 0. The lowest BCUT2D eigenvalue weighted by molar-refractivity contribution is -0.0147. The molecule has 0 saturated heterocycles. The van der Waals surface area contributed by atoms with Crippen molar-refractivity contribution in [3.8, 4) is 0 Å². The summed E-state index contributed by atoms with van der Waals surface area (Å²) in [6.07, 6.45) is 5.72. The summed E-state index contributed by atoms with van der Waals surface area (Å²) >= 11 is 1.41. The Hall–Kier alpha value is -0.610. The van der Waals surface area contributed by atoms with Gasteiger partial charge in [-0.1, -0.05) is 24.7 Å². The van der Waals surface area contributed by atoms with Gasteiger partial charge in [0, 0.05) is 6.20 Å². The van der Waals surface area contributed by atoms with Crippen LogP contribution in [0.4, 0.5) is 5.13 Å². The van der Waals surface area contributed by atoms with E-state index in [0.29, 0.717) is 11.0 Å². The van der Waals surface area contributed by atoms with E-state index < -0.39 is 5.60 Å². The Labute approximate surface area is 88.0 Å². The second-order valence-corrected chi connectivity index (χ2v) is 5.36. The molecule has 78 valence electrons. The summed E-state index contributed by atoms with van der Waals surface area (Å²) in [7, 11) is 0. The normalized spacial score (nSPS) is 33.1. The molecule has 1 saturated carbocycles. The Balaban J connectivity index is 2.22. The predicted molar refractivity (Wildman–Crippen MR) is 58.1 cm³/mol. The van der Waals surface area contributed by atoms with Gasteiger partial charge in [0.25, 0.3) is 0 Å². The minimum Gasteiger partial charge on any atom is -0.384 e. The van der Waals surface area contributed by atoms with Gasteiger partial charge >= 0.3 is 0 Å². The smallest absolute Gasteiger partial charge is 0.180 e. The SMILES string of the molecule is CC1CCCC(O)(c2cnc(N)s2)C1. The number of aliphatic hydroxyl groups is 1. The van der Waals surface area contributed by atoms with Crippen molar-refractivity contribution in [1.29, 1.82) is 0 Å². The van der Waals surface area contributed by atoms with Gasteiger partial charge in [-0.25, -0.2) is 4.98 Å². The van der Waals surface area contributed by atoms with Crippen molar-refractivity contribution < 1.29 is 5.11 Å². The van der Waals surface area contributed by atoms with Gasteiger partial charge in [0.1, 0.15) is 5.60 Å². The third-order valence-corrected chi connectivity index (χ3v) is 3.98. The predicted octanol–water partition coefficient (Wildman–Crippen LogP) is 2.12. The number of aromatic nitrogens is 1. The molecule has 14 heavy (non-hydrogen) atoms. The molecule has 0 aromatic carbocycles. The molecule has 0 radical (unpaired) electrons. The highest BCUT2D eigenvalue weighted by atomic mass is 32.1. The number of hydrogen-bond donors (Lipinski definition) is 2. The molecule has 0 bridgehead atoms. The molecule has 3 N–H and O–H groups in total. The molecule has 0 amide bonds. The first-order valence-electron chi connectivity index (χ1n) is 5.04. The first-order valence-corrected chi connectivity index (χ1v) is 5.86. The van der Waals surface area contributed by atoms with Crippen LogP contribution in [-0.2, 0) is 5.60 Å². The number of hydrogen-bond acceptors (Lipinski definition) is 4. The molecule has 0 spiro atoms. The third kappa shape index (κ3) is 1.77. The summed E-state index contributed by atoms with van der Waals surface area (Å²) in [5.41, 5.74) is 4.92. The molecule has 1 fully saturated rings. The number of rotatable bonds is 1. The summed E-state index contributed by atoms with van der Waals surface area (Å²) in [5, 5.41) is 11.0. The van der Waals surface area contributed by atoms with Crippen LogP contribution in [0.15, 0.2) is 6.20 Å². The maximum Gasteiger partial charge on any atom is 0.180 e. The van der Waals surface area contributed by atoms with Crippen LogP contribution in [0.1, 0.15) is 37.5 Å². The first kappa shape index (κ1) is 9.93. The average molecular weight is 212 g/mol. The van der Waals surface area contributed by atoms with Crippen molar-refractivity contribution in [2.24, 2.45) is 5.92 Å². The van der Waals surface area contributed by atoms with Gasteiger partial charge in [-0.2, -0.15) is 0 Å². The van der Waals surface area contributed by atoms with E-state index >= 15 is 0 Å². The molecule has 1 heterocycles. The van der Waals surface area contributed by atoms with E-state index in [2.05, 4.69) is 11.9 Å². The second-order valence-electron chi connectivity index (χ2n) is 4.30. The van der Waals surface area contributed by atoms with Gasteiger partial charge in [0.15, 0.2) is 5.13 Å². The summed E-state index contributed by atoms with van der Waals surface area (Å²) in [6.45, 7) is 2.19. The molecule has 1 aromatic rings. The highest BCUT2D eigenvalue weighted by Crippen LogP contribution is 2.42. The van der Waals surface area contributed by atoms with Crippen LogP contribution in [0.25, 0.3) is 0 Å². The van der Waals surface area contributed by atoms with Crippen LogP contribution in [0.5, 0.6) is 0 Å². The highest BCUT2D eigenvalue weighted by Gasteiger charge is 2.35. The number of anilines is 1. The fourth-order valence-corrected chi connectivity index (χ4v) is 3.06. The topological polar surface area (TPSA) is 59.1 Å². The Bertz CT molecular complexity index is 326. The van der Waals surface area contributed by atoms with Crippen molar-refractivity contribution in [1.82, 2.24) is 4.98 Å². The second kappa shape index (κ2) is 3.51. The molecule has 1 aliphatic carbocycles. The Morgan fingerprint density at radius 2 is 2.50 bits per heavy atom. The third-order valence-electron chi connectivity index (χ3n) is 2.96. The van der Waals surface area contributed by atoms with E-state index in [9.17, 15) is 5.11 Å².